The smallest absolute Gasteiger partial charge is 0.267 e. The minimum Gasteiger partial charge on any atom is -0.508 e. The maximum Gasteiger partial charge on any atom is 0.267 e. The van der Waals surface area contributed by atoms with Gasteiger partial charge in [-0.2, -0.15) is 0 Å². The standard InChI is InChI=1S/C24H18N4O2S/c29-18-12-10-17(11-13-18)25-15-22-27-20-9-5-4-8-19(20)23(30)28(22)24-26-14-21(31-24)16-6-2-1-3-7-16/h1-14,25,29H,15H2. The first-order chi connectivity index (χ1) is 15.2. The zero-order valence-electron chi connectivity index (χ0n) is 16.4. The van der Waals surface area contributed by atoms with Crippen molar-refractivity contribution in [2.24, 2.45) is 0 Å². The molecule has 5 aromatic rings. The number of phenolic OH excluding ortho intramolecular Hbond substituents is 1. The molecule has 0 fully saturated rings. The molecule has 0 bridgehead atoms. The third-order valence-electron chi connectivity index (χ3n) is 4.91. The Morgan fingerprint density at radius 3 is 2.48 bits per heavy atom. The lowest BCUT2D eigenvalue weighted by Gasteiger charge is -2.13. The van der Waals surface area contributed by atoms with Gasteiger partial charge in [-0.1, -0.05) is 53.8 Å². The molecule has 0 atom stereocenters. The van der Waals surface area contributed by atoms with Crippen LogP contribution in [0.4, 0.5) is 5.69 Å². The first kappa shape index (κ1) is 19.0. The summed E-state index contributed by atoms with van der Waals surface area (Å²) in [5, 5.41) is 13.9. The van der Waals surface area contributed by atoms with Crippen molar-refractivity contribution in [1.82, 2.24) is 14.5 Å². The third-order valence-corrected chi connectivity index (χ3v) is 5.94. The molecule has 0 saturated carbocycles. The fraction of sp³-hybridized carbons (Fsp3) is 0.0417. The van der Waals surface area contributed by atoms with Crippen LogP contribution in [-0.4, -0.2) is 19.6 Å². The van der Waals surface area contributed by atoms with Crippen molar-refractivity contribution in [3.05, 3.63) is 101 Å². The van der Waals surface area contributed by atoms with Crippen LogP contribution in [-0.2, 0) is 6.54 Å². The number of hydrogen-bond acceptors (Lipinski definition) is 6. The predicted octanol–water partition coefficient (Wildman–Crippen LogP) is 4.83. The van der Waals surface area contributed by atoms with E-state index in [4.69, 9.17) is 4.98 Å². The number of para-hydroxylation sites is 1. The Morgan fingerprint density at radius 1 is 0.935 bits per heavy atom. The van der Waals surface area contributed by atoms with Crippen molar-refractivity contribution in [2.45, 2.75) is 6.54 Å². The molecule has 0 aliphatic heterocycles. The van der Waals surface area contributed by atoms with Gasteiger partial charge >= 0.3 is 0 Å². The molecule has 6 nitrogen and oxygen atoms in total. The zero-order chi connectivity index (χ0) is 21.2. The zero-order valence-corrected chi connectivity index (χ0v) is 17.2. The van der Waals surface area contributed by atoms with Crippen LogP contribution < -0.4 is 10.9 Å². The number of hydrogen-bond donors (Lipinski definition) is 2. The van der Waals surface area contributed by atoms with Crippen LogP contribution >= 0.6 is 11.3 Å². The van der Waals surface area contributed by atoms with Gasteiger partial charge in [0.25, 0.3) is 5.56 Å². The molecule has 0 amide bonds. The molecular weight excluding hydrogens is 408 g/mol. The van der Waals surface area contributed by atoms with E-state index in [1.165, 1.54) is 11.3 Å². The number of anilines is 1. The van der Waals surface area contributed by atoms with Crippen LogP contribution in [0.15, 0.2) is 89.9 Å². The maximum atomic E-state index is 13.4. The van der Waals surface area contributed by atoms with E-state index in [1.54, 1.807) is 41.1 Å². The molecule has 31 heavy (non-hydrogen) atoms. The highest BCUT2D eigenvalue weighted by Crippen LogP contribution is 2.28. The highest BCUT2D eigenvalue weighted by molar-refractivity contribution is 7.17. The summed E-state index contributed by atoms with van der Waals surface area (Å²) < 4.78 is 1.58. The average molecular weight is 427 g/mol. The molecule has 0 spiro atoms. The van der Waals surface area contributed by atoms with E-state index in [1.807, 2.05) is 48.5 Å². The van der Waals surface area contributed by atoms with E-state index in [0.717, 1.165) is 16.1 Å². The number of thiazole rings is 1. The molecule has 5 rings (SSSR count). The fourth-order valence-electron chi connectivity index (χ4n) is 3.36. The number of phenols is 1. The second-order valence-electron chi connectivity index (χ2n) is 6.96. The average Bonchev–Trinajstić information content (AvgIpc) is 3.29. The van der Waals surface area contributed by atoms with Crippen LogP contribution in [0.2, 0.25) is 0 Å². The summed E-state index contributed by atoms with van der Waals surface area (Å²) >= 11 is 1.45. The largest absolute Gasteiger partial charge is 0.508 e. The molecule has 152 valence electrons. The van der Waals surface area contributed by atoms with Gasteiger partial charge in [-0.3, -0.25) is 4.79 Å². The van der Waals surface area contributed by atoms with E-state index in [-0.39, 0.29) is 11.3 Å². The number of benzene rings is 3. The SMILES string of the molecule is O=c1c2ccccc2nc(CNc2ccc(O)cc2)n1-c1ncc(-c2ccccc2)s1. The van der Waals surface area contributed by atoms with Crippen molar-refractivity contribution in [3.8, 4) is 21.3 Å². The van der Waals surface area contributed by atoms with Gasteiger partial charge in [0, 0.05) is 11.9 Å². The Bertz CT molecular complexity index is 1410. The second kappa shape index (κ2) is 8.04. The van der Waals surface area contributed by atoms with Crippen molar-refractivity contribution < 1.29 is 5.11 Å². The highest BCUT2D eigenvalue weighted by Gasteiger charge is 2.16. The van der Waals surface area contributed by atoms with Gasteiger partial charge in [-0.05, 0) is 42.0 Å². The van der Waals surface area contributed by atoms with Gasteiger partial charge in [-0.15, -0.1) is 0 Å². The van der Waals surface area contributed by atoms with Crippen LogP contribution in [0.25, 0.3) is 26.5 Å². The molecule has 2 heterocycles. The number of rotatable bonds is 5. The minimum atomic E-state index is -0.151. The molecule has 0 aliphatic rings. The first-order valence-electron chi connectivity index (χ1n) is 9.74. The van der Waals surface area contributed by atoms with E-state index in [2.05, 4.69) is 10.3 Å². The van der Waals surface area contributed by atoms with Crippen LogP contribution in [0, 0.1) is 0 Å². The summed E-state index contributed by atoms with van der Waals surface area (Å²) in [6.45, 7) is 0.325. The Hall–Kier alpha value is -3.97. The van der Waals surface area contributed by atoms with Crippen LogP contribution in [0.3, 0.4) is 0 Å². The lowest BCUT2D eigenvalue weighted by molar-refractivity contribution is 0.475. The van der Waals surface area contributed by atoms with Gasteiger partial charge in [0.2, 0.25) is 0 Å². The summed E-state index contributed by atoms with van der Waals surface area (Å²) in [4.78, 5) is 23.6. The molecule has 0 saturated heterocycles. The highest BCUT2D eigenvalue weighted by atomic mass is 32.1. The van der Waals surface area contributed by atoms with E-state index >= 15 is 0 Å². The van der Waals surface area contributed by atoms with Crippen molar-refractivity contribution in [2.75, 3.05) is 5.32 Å². The monoisotopic (exact) mass is 426 g/mol. The molecular formula is C24H18N4O2S. The number of nitrogens with one attached hydrogen (secondary N) is 1. The lowest BCUT2D eigenvalue weighted by atomic mass is 10.2. The van der Waals surface area contributed by atoms with E-state index in [9.17, 15) is 9.90 Å². The van der Waals surface area contributed by atoms with Gasteiger partial charge in [0.15, 0.2) is 5.13 Å². The Balaban J connectivity index is 1.59. The summed E-state index contributed by atoms with van der Waals surface area (Å²) in [6, 6.07) is 24.0. The van der Waals surface area contributed by atoms with Crippen LogP contribution in [0.1, 0.15) is 5.82 Å². The summed E-state index contributed by atoms with van der Waals surface area (Å²) in [7, 11) is 0. The Kier molecular flexibility index (Phi) is 4.93. The number of aromatic nitrogens is 3. The van der Waals surface area contributed by atoms with Crippen molar-refractivity contribution in [1.29, 1.82) is 0 Å². The van der Waals surface area contributed by atoms with E-state index in [0.29, 0.717) is 28.4 Å². The fourth-order valence-corrected chi connectivity index (χ4v) is 4.30. The quantitative estimate of drug-likeness (QED) is 0.394. The van der Waals surface area contributed by atoms with Crippen LogP contribution in [0.5, 0.6) is 5.75 Å². The molecule has 0 unspecified atom stereocenters. The Morgan fingerprint density at radius 2 is 1.68 bits per heavy atom. The topological polar surface area (TPSA) is 80.0 Å². The maximum absolute atomic E-state index is 13.4. The van der Waals surface area contributed by atoms with Gasteiger partial charge in [-0.25, -0.2) is 14.5 Å². The third kappa shape index (κ3) is 3.78. The minimum absolute atomic E-state index is 0.151. The Labute approximate surface area is 182 Å². The van der Waals surface area contributed by atoms with Gasteiger partial charge in [0.05, 0.1) is 22.3 Å². The van der Waals surface area contributed by atoms with Gasteiger partial charge in [0.1, 0.15) is 11.6 Å². The molecule has 7 heteroatoms. The second-order valence-corrected chi connectivity index (χ2v) is 7.97. The van der Waals surface area contributed by atoms with E-state index < -0.39 is 0 Å². The first-order valence-corrected chi connectivity index (χ1v) is 10.6. The summed E-state index contributed by atoms with van der Waals surface area (Å²) in [6.07, 6.45) is 1.79. The summed E-state index contributed by atoms with van der Waals surface area (Å²) in [5.74, 6) is 0.758. The molecule has 0 aliphatic carbocycles. The molecule has 2 aromatic heterocycles. The van der Waals surface area contributed by atoms with Gasteiger partial charge < -0.3 is 10.4 Å². The lowest BCUT2D eigenvalue weighted by Crippen LogP contribution is -2.25. The molecule has 2 N–H and O–H groups in total. The summed E-state index contributed by atoms with van der Waals surface area (Å²) in [5.41, 5.74) is 2.36. The molecule has 0 radical (unpaired) electrons. The van der Waals surface area contributed by atoms with Crippen molar-refractivity contribution >= 4 is 27.9 Å². The normalized spacial score (nSPS) is 11.0. The van der Waals surface area contributed by atoms with Crippen molar-refractivity contribution in [3.63, 3.8) is 0 Å². The molecule has 3 aromatic carbocycles. The number of fused-ring (bicyclic) bond motifs is 1. The predicted molar refractivity (Wildman–Crippen MR) is 124 cm³/mol. The number of nitrogens with zero attached hydrogens (tertiary/aromatic N) is 3. The number of aromatic hydroxyl groups is 1.